The van der Waals surface area contributed by atoms with Crippen molar-refractivity contribution in [2.24, 2.45) is 0 Å². The second-order valence-electron chi connectivity index (χ2n) is 4.63. The lowest BCUT2D eigenvalue weighted by molar-refractivity contribution is 0.122. The molecule has 1 aliphatic heterocycles. The molecule has 0 amide bonds. The average Bonchev–Trinajstić information content (AvgIpc) is 3.10. The van der Waals surface area contributed by atoms with Crippen molar-refractivity contribution in [3.63, 3.8) is 0 Å². The van der Waals surface area contributed by atoms with Crippen LogP contribution in [-0.2, 0) is 21.3 Å². The van der Waals surface area contributed by atoms with Gasteiger partial charge in [-0.05, 0) is 6.07 Å². The van der Waals surface area contributed by atoms with Gasteiger partial charge in [0.2, 0.25) is 16.0 Å². The van der Waals surface area contributed by atoms with Gasteiger partial charge in [-0.15, -0.1) is 0 Å². The molecule has 0 aromatic carbocycles. The monoisotopic (exact) mass is 325 g/mol. The predicted octanol–water partition coefficient (Wildman–Crippen LogP) is -0.220. The van der Waals surface area contributed by atoms with Crippen molar-refractivity contribution in [2.75, 3.05) is 31.2 Å². The Morgan fingerprint density at radius 3 is 2.86 bits per heavy atom. The summed E-state index contributed by atoms with van der Waals surface area (Å²) in [5.74, 6) is 0.574. The third kappa shape index (κ3) is 3.40. The molecule has 0 spiro atoms. The van der Waals surface area contributed by atoms with Crippen molar-refractivity contribution in [3.8, 4) is 0 Å². The summed E-state index contributed by atoms with van der Waals surface area (Å²) >= 11 is 0. The molecule has 3 heterocycles. The second-order valence-corrected chi connectivity index (χ2v) is 6.40. The van der Waals surface area contributed by atoms with Gasteiger partial charge in [0.1, 0.15) is 11.2 Å². The Kier molecular flexibility index (Phi) is 4.32. The fourth-order valence-corrected chi connectivity index (χ4v) is 2.83. The third-order valence-corrected chi connectivity index (χ3v) is 4.50. The summed E-state index contributed by atoms with van der Waals surface area (Å²) in [4.78, 5) is 10.6. The van der Waals surface area contributed by atoms with Crippen LogP contribution < -0.4 is 9.62 Å². The van der Waals surface area contributed by atoms with Crippen molar-refractivity contribution in [2.45, 2.75) is 11.4 Å². The zero-order valence-corrected chi connectivity index (χ0v) is 12.5. The Morgan fingerprint density at radius 1 is 1.32 bits per heavy atom. The zero-order chi connectivity index (χ0) is 15.4. The Hall–Kier alpha value is -2.04. The van der Waals surface area contributed by atoms with Crippen molar-refractivity contribution in [1.82, 2.24) is 19.8 Å². The topological polar surface area (TPSA) is 110 Å². The molecule has 1 N–H and O–H groups in total. The van der Waals surface area contributed by atoms with Crippen molar-refractivity contribution in [1.29, 1.82) is 0 Å². The molecule has 1 saturated heterocycles. The molecule has 9 nitrogen and oxygen atoms in total. The van der Waals surface area contributed by atoms with Crippen LogP contribution in [-0.4, -0.2) is 49.8 Å². The highest BCUT2D eigenvalue weighted by Gasteiger charge is 2.17. The lowest BCUT2D eigenvalue weighted by Gasteiger charge is -2.26. The first-order valence-electron chi connectivity index (χ1n) is 6.69. The standard InChI is InChI=1S/C12H15N5O4S/c18-22(19,11-8-14-21-9-11)15-7-10-1-2-13-12(16-10)17-3-5-20-6-4-17/h1-2,8-9,15H,3-7H2. The molecule has 2 aromatic rings. The van der Waals surface area contributed by atoms with Gasteiger partial charge in [-0.25, -0.2) is 23.1 Å². The number of rotatable bonds is 5. The first kappa shape index (κ1) is 14.9. The van der Waals surface area contributed by atoms with Gasteiger partial charge in [-0.1, -0.05) is 5.16 Å². The largest absolute Gasteiger partial charge is 0.378 e. The maximum absolute atomic E-state index is 12.0. The van der Waals surface area contributed by atoms with Crippen LogP contribution in [0.25, 0.3) is 0 Å². The number of hydrogen-bond donors (Lipinski definition) is 1. The molecular weight excluding hydrogens is 310 g/mol. The molecule has 1 fully saturated rings. The highest BCUT2D eigenvalue weighted by atomic mass is 32.2. The van der Waals surface area contributed by atoms with Crippen LogP contribution >= 0.6 is 0 Å². The molecule has 10 heteroatoms. The van der Waals surface area contributed by atoms with Crippen LogP contribution in [0.4, 0.5) is 5.95 Å². The Bertz CT molecular complexity index is 713. The molecule has 0 aliphatic carbocycles. The van der Waals surface area contributed by atoms with E-state index in [9.17, 15) is 8.42 Å². The summed E-state index contributed by atoms with van der Waals surface area (Å²) in [5.41, 5.74) is 0.580. The molecule has 3 rings (SSSR count). The lowest BCUT2D eigenvalue weighted by Crippen LogP contribution is -2.37. The molecule has 2 aromatic heterocycles. The minimum absolute atomic E-state index is 0.0186. The summed E-state index contributed by atoms with van der Waals surface area (Å²) in [6.45, 7) is 2.76. The normalized spacial score (nSPS) is 15.9. The zero-order valence-electron chi connectivity index (χ0n) is 11.7. The van der Waals surface area contributed by atoms with Crippen molar-refractivity contribution in [3.05, 3.63) is 30.4 Å². The van der Waals surface area contributed by atoms with Crippen molar-refractivity contribution < 1.29 is 17.7 Å². The van der Waals surface area contributed by atoms with E-state index in [1.807, 2.05) is 4.90 Å². The lowest BCUT2D eigenvalue weighted by atomic mass is 10.4. The van der Waals surface area contributed by atoms with Crippen LogP contribution in [0.5, 0.6) is 0 Å². The molecular formula is C12H15N5O4S. The van der Waals surface area contributed by atoms with Gasteiger partial charge in [0, 0.05) is 19.3 Å². The highest BCUT2D eigenvalue weighted by molar-refractivity contribution is 7.89. The molecule has 0 atom stereocenters. The van der Waals surface area contributed by atoms with E-state index < -0.39 is 10.0 Å². The number of ether oxygens (including phenoxy) is 1. The molecule has 0 bridgehead atoms. The van der Waals surface area contributed by atoms with E-state index in [4.69, 9.17) is 4.74 Å². The van der Waals surface area contributed by atoms with Crippen LogP contribution in [0.1, 0.15) is 5.69 Å². The van der Waals surface area contributed by atoms with Crippen LogP contribution in [0.2, 0.25) is 0 Å². The number of nitrogens with zero attached hydrogens (tertiary/aromatic N) is 4. The van der Waals surface area contributed by atoms with Crippen LogP contribution in [0.3, 0.4) is 0 Å². The molecule has 1 aliphatic rings. The highest BCUT2D eigenvalue weighted by Crippen LogP contribution is 2.11. The molecule has 22 heavy (non-hydrogen) atoms. The number of aromatic nitrogens is 3. The summed E-state index contributed by atoms with van der Waals surface area (Å²) in [6.07, 6.45) is 3.82. The van der Waals surface area contributed by atoms with Gasteiger partial charge >= 0.3 is 0 Å². The quantitative estimate of drug-likeness (QED) is 0.803. The maximum Gasteiger partial charge on any atom is 0.245 e. The second kappa shape index (κ2) is 6.38. The van der Waals surface area contributed by atoms with Gasteiger partial charge in [0.05, 0.1) is 31.6 Å². The third-order valence-electron chi connectivity index (χ3n) is 3.16. The minimum Gasteiger partial charge on any atom is -0.378 e. The predicted molar refractivity (Wildman–Crippen MR) is 75.6 cm³/mol. The SMILES string of the molecule is O=S(=O)(NCc1ccnc(N2CCOCC2)n1)c1cnoc1. The number of anilines is 1. The fraction of sp³-hybridized carbons (Fsp3) is 0.417. The molecule has 0 radical (unpaired) electrons. The molecule has 0 saturated carbocycles. The molecule has 118 valence electrons. The number of sulfonamides is 1. The van der Waals surface area contributed by atoms with E-state index in [-0.39, 0.29) is 11.4 Å². The van der Waals surface area contributed by atoms with E-state index in [1.165, 1.54) is 0 Å². The average molecular weight is 325 g/mol. The summed E-state index contributed by atoms with van der Waals surface area (Å²) < 4.78 is 36.2. The van der Waals surface area contributed by atoms with E-state index >= 15 is 0 Å². The Morgan fingerprint density at radius 2 is 2.14 bits per heavy atom. The van der Waals surface area contributed by atoms with Gasteiger partial charge in [-0.2, -0.15) is 0 Å². The summed E-state index contributed by atoms with van der Waals surface area (Å²) in [6, 6.07) is 1.67. The first-order chi connectivity index (χ1) is 10.6. The summed E-state index contributed by atoms with van der Waals surface area (Å²) in [7, 11) is -3.65. The van der Waals surface area contributed by atoms with Crippen LogP contribution in [0.15, 0.2) is 34.1 Å². The van der Waals surface area contributed by atoms with Gasteiger partial charge < -0.3 is 14.2 Å². The van der Waals surface area contributed by atoms with E-state index in [2.05, 4.69) is 24.4 Å². The summed E-state index contributed by atoms with van der Waals surface area (Å²) in [5, 5.41) is 3.38. The van der Waals surface area contributed by atoms with Crippen molar-refractivity contribution >= 4 is 16.0 Å². The number of morpholine rings is 1. The van der Waals surface area contributed by atoms with Gasteiger partial charge in [0.25, 0.3) is 0 Å². The minimum atomic E-state index is -3.65. The Balaban J connectivity index is 1.68. The number of hydrogen-bond acceptors (Lipinski definition) is 8. The van der Waals surface area contributed by atoms with E-state index in [0.29, 0.717) is 24.9 Å². The van der Waals surface area contributed by atoms with E-state index in [1.54, 1.807) is 12.3 Å². The van der Waals surface area contributed by atoms with Crippen LogP contribution in [0, 0.1) is 0 Å². The maximum atomic E-state index is 12.0. The van der Waals surface area contributed by atoms with Gasteiger partial charge in [-0.3, -0.25) is 0 Å². The first-order valence-corrected chi connectivity index (χ1v) is 8.17. The number of nitrogens with one attached hydrogen (secondary N) is 1. The Labute approximate surface area is 127 Å². The smallest absolute Gasteiger partial charge is 0.245 e. The van der Waals surface area contributed by atoms with Gasteiger partial charge in [0.15, 0.2) is 0 Å². The van der Waals surface area contributed by atoms with E-state index in [0.717, 1.165) is 25.5 Å². The fourth-order valence-electron chi connectivity index (χ4n) is 1.98. The molecule has 0 unspecified atom stereocenters.